The van der Waals surface area contributed by atoms with Crippen molar-refractivity contribution in [1.29, 1.82) is 0 Å². The van der Waals surface area contributed by atoms with E-state index in [1.54, 1.807) is 54.5 Å². The minimum atomic E-state index is -1.61. The van der Waals surface area contributed by atoms with Crippen molar-refractivity contribution in [2.45, 2.75) is 229 Å². The smallest absolute Gasteiger partial charge is 0.246 e. The van der Waals surface area contributed by atoms with Gasteiger partial charge in [-0.15, -0.1) is 0 Å². The topological polar surface area (TPSA) is 270 Å². The molecule has 498 valence electrons. The Balaban J connectivity index is 4.39. The van der Waals surface area contributed by atoms with Crippen molar-refractivity contribution >= 4 is 65.0 Å². The van der Waals surface area contributed by atoms with E-state index in [1.807, 2.05) is 61.5 Å². The van der Waals surface area contributed by atoms with Gasteiger partial charge in [-0.2, -0.15) is 0 Å². The number of carbonyl (C=O) groups excluding carboxylic acids is 11. The van der Waals surface area contributed by atoms with Gasteiger partial charge in [0.05, 0.1) is 12.6 Å². The lowest BCUT2D eigenvalue weighted by Crippen LogP contribution is -2.63. The predicted octanol–water partition coefficient (Wildman–Crippen LogP) is 4.00. The lowest BCUT2D eigenvalue weighted by atomic mass is 9.91. The van der Waals surface area contributed by atoms with Crippen LogP contribution in [0.4, 0.5) is 0 Å². The Bertz CT molecular complexity index is 2380. The van der Waals surface area contributed by atoms with E-state index in [4.69, 9.17) is 0 Å². The molecule has 0 aromatic heterocycles. The van der Waals surface area contributed by atoms with Crippen molar-refractivity contribution in [3.63, 3.8) is 0 Å². The Labute approximate surface area is 521 Å². The van der Waals surface area contributed by atoms with Gasteiger partial charge in [0.15, 0.2) is 0 Å². The fourth-order valence-corrected chi connectivity index (χ4v) is 11.3. The zero-order chi connectivity index (χ0) is 67.6. The monoisotopic (exact) mass is 1230 g/mol. The SMILES string of the molecule is C/C=C/C[C@@H](C)[C@@H](O)[C@H]1C(=O)N[C@@H](CC)C(=O)N(C)CC(=O)N(C)[C@@H](CC(C)CC)C(=O)N(C)[C@@H](C(C)C)C(=O)N(C)[C@@H](CC(C)C)C(=O)N[C@@H](C)C(=O)N[C@H](C)C(=O)N(C)[C@@H](CC(C)C)C(=O)N(C)[C@@H](CC(C)C)C(=O)N(C)[C@@H](C(C)C)C(=O)N1C. The molecule has 0 aromatic carbocycles. The first-order valence-electron chi connectivity index (χ1n) is 31.5. The van der Waals surface area contributed by atoms with E-state index in [0.29, 0.717) is 12.8 Å². The van der Waals surface area contributed by atoms with Crippen molar-refractivity contribution in [2.24, 2.45) is 41.4 Å². The summed E-state index contributed by atoms with van der Waals surface area (Å²) in [5.74, 6) is -9.46. The number of hydrogen-bond acceptors (Lipinski definition) is 12. The summed E-state index contributed by atoms with van der Waals surface area (Å²) < 4.78 is 0. The molecular formula is C64H115N11O12. The highest BCUT2D eigenvalue weighted by Crippen LogP contribution is 2.27. The number of aliphatic hydroxyl groups is 1. The van der Waals surface area contributed by atoms with Crippen LogP contribution in [0.5, 0.6) is 0 Å². The highest BCUT2D eigenvalue weighted by molar-refractivity contribution is 5.99. The average Bonchev–Trinajstić information content (AvgIpc) is 2.91. The molecule has 0 aromatic rings. The number of aliphatic hydroxyl groups excluding tert-OH is 1. The molecule has 0 bridgehead atoms. The lowest BCUT2D eigenvalue weighted by molar-refractivity contribution is -0.157. The van der Waals surface area contributed by atoms with Crippen molar-refractivity contribution in [3.8, 4) is 0 Å². The van der Waals surface area contributed by atoms with E-state index in [9.17, 15) is 48.3 Å². The molecule has 0 spiro atoms. The zero-order valence-corrected chi connectivity index (χ0v) is 57.7. The summed E-state index contributed by atoms with van der Waals surface area (Å²) in [6.07, 6.45) is 3.73. The molecule has 0 radical (unpaired) electrons. The fourth-order valence-electron chi connectivity index (χ4n) is 11.3. The number of rotatable bonds is 16. The van der Waals surface area contributed by atoms with Crippen LogP contribution in [-0.2, 0) is 52.7 Å². The van der Waals surface area contributed by atoms with Gasteiger partial charge in [-0.05, 0) is 101 Å². The van der Waals surface area contributed by atoms with Crippen LogP contribution in [0.3, 0.4) is 0 Å². The van der Waals surface area contributed by atoms with Gasteiger partial charge in [0, 0.05) is 56.4 Å². The first-order valence-corrected chi connectivity index (χ1v) is 31.5. The van der Waals surface area contributed by atoms with Gasteiger partial charge in [0.2, 0.25) is 65.0 Å². The quantitative estimate of drug-likeness (QED) is 0.160. The second kappa shape index (κ2) is 35.8. The molecule has 13 atom stereocenters. The Hall–Kier alpha value is -6.13. The van der Waals surface area contributed by atoms with Gasteiger partial charge in [-0.3, -0.25) is 52.7 Å². The largest absolute Gasteiger partial charge is 0.390 e. The summed E-state index contributed by atoms with van der Waals surface area (Å²) in [5.41, 5.74) is 0. The molecular weight excluding hydrogens is 1110 g/mol. The number of likely N-dealkylation sites (N-methyl/N-ethyl adjacent to an activating group) is 8. The van der Waals surface area contributed by atoms with Gasteiger partial charge in [-0.1, -0.05) is 116 Å². The number of carbonyl (C=O) groups is 11. The number of hydrogen-bond donors (Lipinski definition) is 4. The maximum Gasteiger partial charge on any atom is 0.246 e. The summed E-state index contributed by atoms with van der Waals surface area (Å²) >= 11 is 0. The maximum absolute atomic E-state index is 15.2. The first kappa shape index (κ1) is 78.9. The summed E-state index contributed by atoms with van der Waals surface area (Å²) in [6, 6.07) is -12.3. The third-order valence-corrected chi connectivity index (χ3v) is 17.1. The first-order chi connectivity index (χ1) is 40.2. The molecule has 1 saturated heterocycles. The van der Waals surface area contributed by atoms with Gasteiger partial charge >= 0.3 is 0 Å². The van der Waals surface area contributed by atoms with E-state index in [0.717, 1.165) is 9.80 Å². The van der Waals surface area contributed by atoms with Gasteiger partial charge in [0.1, 0.15) is 60.4 Å². The third-order valence-electron chi connectivity index (χ3n) is 17.1. The van der Waals surface area contributed by atoms with Crippen molar-refractivity contribution in [1.82, 2.24) is 55.1 Å². The third kappa shape index (κ3) is 21.6. The summed E-state index contributed by atoms with van der Waals surface area (Å²) in [6.45, 7) is 29.6. The molecule has 1 aliphatic heterocycles. The Morgan fingerprint density at radius 2 is 0.851 bits per heavy atom. The second-order valence-corrected chi connectivity index (χ2v) is 26.6. The predicted molar refractivity (Wildman–Crippen MR) is 338 cm³/mol. The van der Waals surface area contributed by atoms with E-state index < -0.39 is 156 Å². The number of nitrogens with one attached hydrogen (secondary N) is 3. The summed E-state index contributed by atoms with van der Waals surface area (Å²) in [7, 11) is 11.5. The van der Waals surface area contributed by atoms with Crippen LogP contribution < -0.4 is 16.0 Å². The number of allylic oxidation sites excluding steroid dienone is 2. The molecule has 87 heavy (non-hydrogen) atoms. The molecule has 23 nitrogen and oxygen atoms in total. The second-order valence-electron chi connectivity index (χ2n) is 26.6. The molecule has 23 heteroatoms. The lowest BCUT2D eigenvalue weighted by Gasteiger charge is -2.41. The van der Waals surface area contributed by atoms with E-state index >= 15 is 9.59 Å². The van der Waals surface area contributed by atoms with Crippen LogP contribution in [0.1, 0.15) is 163 Å². The van der Waals surface area contributed by atoms with E-state index in [-0.39, 0.29) is 55.8 Å². The van der Waals surface area contributed by atoms with Crippen LogP contribution in [0, 0.1) is 41.4 Å². The normalized spacial score (nSPS) is 27.0. The number of amides is 11. The summed E-state index contributed by atoms with van der Waals surface area (Å²) in [5, 5.41) is 20.3. The molecule has 1 fully saturated rings. The Morgan fingerprint density at radius 1 is 0.460 bits per heavy atom. The van der Waals surface area contributed by atoms with E-state index in [1.165, 1.54) is 99.6 Å². The summed E-state index contributed by atoms with van der Waals surface area (Å²) in [4.78, 5) is 171. The number of nitrogens with zero attached hydrogens (tertiary/aromatic N) is 8. The zero-order valence-electron chi connectivity index (χ0n) is 57.7. The maximum atomic E-state index is 15.2. The van der Waals surface area contributed by atoms with Gasteiger partial charge in [-0.25, -0.2) is 0 Å². The molecule has 4 N–H and O–H groups in total. The van der Waals surface area contributed by atoms with Crippen molar-refractivity contribution in [3.05, 3.63) is 12.2 Å². The standard InChI is InChI=1S/C64H115N11O12/c1-26-29-30-42(15)54(77)53-57(80)67-45(28-3)59(82)68(18)35-50(76)69(19)49(34-41(14)27-2)62(85)73(23)51(39(10)11)63(86)70(20)46(31-36(4)5)56(79)65-43(16)55(78)66-44(17)58(81)71(21)47(32-37(6)7)60(83)72(22)48(33-38(8)9)61(84)74(24)52(40(12)13)64(87)75(53)25/h26,29,36-49,51-54,77H,27-28,30-35H2,1-25H3,(H,65,79)(H,66,78)(H,67,80)/b29-26+/t41?,42-,43+,44-,45+,46+,47+,48+,49+,51+,52+,53+,54-/m1/s1. The van der Waals surface area contributed by atoms with Crippen molar-refractivity contribution in [2.75, 3.05) is 62.9 Å². The van der Waals surface area contributed by atoms with Gasteiger partial charge < -0.3 is 60.3 Å². The minimum Gasteiger partial charge on any atom is -0.390 e. The van der Waals surface area contributed by atoms with Crippen molar-refractivity contribution < 1.29 is 57.8 Å². The van der Waals surface area contributed by atoms with Crippen LogP contribution in [-0.4, -0.2) is 239 Å². The van der Waals surface area contributed by atoms with Crippen LogP contribution in [0.15, 0.2) is 12.2 Å². The molecule has 1 unspecified atom stereocenters. The minimum absolute atomic E-state index is 0.0244. The average molecular weight is 1230 g/mol. The van der Waals surface area contributed by atoms with Crippen LogP contribution in [0.2, 0.25) is 0 Å². The Kier molecular flexibility index (Phi) is 32.4. The van der Waals surface area contributed by atoms with E-state index in [2.05, 4.69) is 16.0 Å². The molecule has 0 aliphatic carbocycles. The molecule has 1 heterocycles. The Morgan fingerprint density at radius 3 is 1.28 bits per heavy atom. The molecule has 11 amide bonds. The fraction of sp³-hybridized carbons (Fsp3) is 0.797. The molecule has 0 saturated carbocycles. The molecule has 1 rings (SSSR count). The highest BCUT2D eigenvalue weighted by atomic mass is 16.3. The highest BCUT2D eigenvalue weighted by Gasteiger charge is 2.46. The van der Waals surface area contributed by atoms with Crippen LogP contribution >= 0.6 is 0 Å². The van der Waals surface area contributed by atoms with Crippen LogP contribution in [0.25, 0.3) is 0 Å². The molecule has 1 aliphatic rings. The van der Waals surface area contributed by atoms with Gasteiger partial charge in [0.25, 0.3) is 0 Å².